The fourth-order valence-corrected chi connectivity index (χ4v) is 2.80. The standard InChI is InChI=1S/C6H13NO2.2C5H9NO2.C4H8N2O3.C4H9NO3/c1-3-4(2)5(7)6(8)9;2*7-5(8)4-2-1-3-6-4;5-2(4(8)9)1-3(6)7;1-2(6)3(5)4(7)8/h4-5H,3,7H2,1-2H3,(H,8,9);2*4,6H,1-3H2,(H,7,8);2H,1,5H2,(H2,6,7)(H,8,9);2-3,6H,5H2,1H3,(H,7,8)/t;2*4-;;/m.00../s1. The van der Waals surface area contributed by atoms with E-state index in [4.69, 9.17) is 47.8 Å². The molecule has 246 valence electrons. The predicted molar refractivity (Wildman–Crippen MR) is 149 cm³/mol. The summed E-state index contributed by atoms with van der Waals surface area (Å²) in [5.41, 5.74) is 19.7. The van der Waals surface area contributed by atoms with Gasteiger partial charge in [-0.05, 0) is 51.6 Å². The molecule has 5 unspecified atom stereocenters. The summed E-state index contributed by atoms with van der Waals surface area (Å²) in [7, 11) is 0. The Bertz CT molecular complexity index is 790. The number of carboxylic acids is 5. The van der Waals surface area contributed by atoms with Crippen molar-refractivity contribution in [1.82, 2.24) is 10.6 Å². The summed E-state index contributed by atoms with van der Waals surface area (Å²) < 4.78 is 0. The Labute approximate surface area is 243 Å². The van der Waals surface area contributed by atoms with E-state index in [1.807, 2.05) is 13.8 Å². The van der Waals surface area contributed by atoms with Crippen molar-refractivity contribution in [3.05, 3.63) is 0 Å². The van der Waals surface area contributed by atoms with E-state index in [9.17, 15) is 28.8 Å². The van der Waals surface area contributed by atoms with Crippen molar-refractivity contribution in [3.8, 4) is 0 Å². The first-order valence-electron chi connectivity index (χ1n) is 13.1. The maximum Gasteiger partial charge on any atom is 0.323 e. The molecule has 0 aromatic rings. The van der Waals surface area contributed by atoms with E-state index in [0.29, 0.717) is 0 Å². The topological polar surface area (TPSA) is 352 Å². The summed E-state index contributed by atoms with van der Waals surface area (Å²) in [5, 5.41) is 55.4. The lowest BCUT2D eigenvalue weighted by molar-refractivity contribution is -0.141. The molecule has 0 saturated carbocycles. The van der Waals surface area contributed by atoms with Crippen molar-refractivity contribution in [1.29, 1.82) is 0 Å². The molecule has 7 atom stereocenters. The van der Waals surface area contributed by atoms with Crippen molar-refractivity contribution in [3.63, 3.8) is 0 Å². The van der Waals surface area contributed by atoms with E-state index in [-0.39, 0.29) is 24.4 Å². The van der Waals surface area contributed by atoms with Crippen LogP contribution in [0.3, 0.4) is 0 Å². The summed E-state index contributed by atoms with van der Waals surface area (Å²) >= 11 is 0. The van der Waals surface area contributed by atoms with E-state index >= 15 is 0 Å². The van der Waals surface area contributed by atoms with Gasteiger partial charge < -0.3 is 64.2 Å². The van der Waals surface area contributed by atoms with Gasteiger partial charge in [-0.2, -0.15) is 0 Å². The number of aliphatic hydroxyl groups excluding tert-OH is 1. The Hall–Kier alpha value is -3.42. The number of aliphatic hydroxyl groups is 1. The van der Waals surface area contributed by atoms with Crippen LogP contribution in [0.25, 0.3) is 0 Å². The summed E-state index contributed by atoms with van der Waals surface area (Å²) in [6, 6.07) is -3.56. The molecule has 0 aromatic heterocycles. The number of carboxylic acid groups (broad SMARTS) is 5. The average Bonchev–Trinajstić information content (AvgIpc) is 3.63. The Morgan fingerprint density at radius 3 is 1.21 bits per heavy atom. The SMILES string of the molecule is CC(O)C(N)C(=O)O.CCC(C)C(N)C(=O)O.NC(=O)CC(N)C(=O)O.O=C(O)[C@@H]1CCCN1.O=C(O)[C@@H]1CCCN1. The highest BCUT2D eigenvalue weighted by Gasteiger charge is 2.21. The van der Waals surface area contributed by atoms with Crippen molar-refractivity contribution in [2.24, 2.45) is 28.9 Å². The van der Waals surface area contributed by atoms with Crippen molar-refractivity contribution in [2.45, 2.75) is 95.6 Å². The highest BCUT2D eigenvalue weighted by atomic mass is 16.4. The number of hydrogen-bond acceptors (Lipinski definition) is 12. The van der Waals surface area contributed by atoms with E-state index < -0.39 is 60.0 Å². The highest BCUT2D eigenvalue weighted by Crippen LogP contribution is 2.05. The number of hydrogen-bond donors (Lipinski definition) is 12. The van der Waals surface area contributed by atoms with Crippen molar-refractivity contribution < 1.29 is 59.4 Å². The van der Waals surface area contributed by atoms with Crippen LogP contribution in [-0.2, 0) is 28.8 Å². The van der Waals surface area contributed by atoms with E-state index in [0.717, 1.165) is 45.2 Å². The monoisotopic (exact) mass is 612 g/mol. The first-order chi connectivity index (χ1) is 19.3. The second-order valence-electron chi connectivity index (χ2n) is 9.44. The first kappa shape index (κ1) is 43.0. The zero-order chi connectivity index (χ0) is 33.6. The Morgan fingerprint density at radius 1 is 0.738 bits per heavy atom. The zero-order valence-corrected chi connectivity index (χ0v) is 24.1. The van der Waals surface area contributed by atoms with Crippen LogP contribution in [0.2, 0.25) is 0 Å². The average molecular weight is 613 g/mol. The summed E-state index contributed by atoms with van der Waals surface area (Å²) in [5.74, 6) is -5.38. The van der Waals surface area contributed by atoms with Gasteiger partial charge in [0, 0.05) is 0 Å². The first-order valence-corrected chi connectivity index (χ1v) is 13.1. The number of nitrogens with two attached hydrogens (primary N) is 4. The number of nitrogens with one attached hydrogen (secondary N) is 2. The molecule has 0 aliphatic carbocycles. The lowest BCUT2D eigenvalue weighted by atomic mass is 10.0. The lowest BCUT2D eigenvalue weighted by Crippen LogP contribution is -2.39. The smallest absolute Gasteiger partial charge is 0.323 e. The van der Waals surface area contributed by atoms with E-state index in [2.05, 4.69) is 16.4 Å². The Kier molecular flexibility index (Phi) is 24.8. The minimum Gasteiger partial charge on any atom is -0.480 e. The van der Waals surface area contributed by atoms with Gasteiger partial charge in [-0.15, -0.1) is 0 Å². The summed E-state index contributed by atoms with van der Waals surface area (Å²) in [6.45, 7) is 6.80. The third kappa shape index (κ3) is 23.3. The molecule has 0 radical (unpaired) electrons. The van der Waals surface area contributed by atoms with Gasteiger partial charge in [0.25, 0.3) is 0 Å². The molecule has 0 aromatic carbocycles. The summed E-state index contributed by atoms with van der Waals surface area (Å²) in [6.07, 6.45) is 3.09. The van der Waals surface area contributed by atoms with Crippen LogP contribution in [0.15, 0.2) is 0 Å². The summed E-state index contributed by atoms with van der Waals surface area (Å²) in [4.78, 5) is 60.2. The van der Waals surface area contributed by atoms with Gasteiger partial charge in [0.05, 0.1) is 12.5 Å². The second-order valence-corrected chi connectivity index (χ2v) is 9.44. The lowest BCUT2D eigenvalue weighted by Gasteiger charge is -2.11. The maximum absolute atomic E-state index is 10.2. The number of primary amides is 1. The molecule has 16 N–H and O–H groups in total. The van der Waals surface area contributed by atoms with Crippen LogP contribution in [-0.4, -0.2) is 116 Å². The van der Waals surface area contributed by atoms with Crippen LogP contribution < -0.4 is 33.6 Å². The molecule has 2 aliphatic heterocycles. The van der Waals surface area contributed by atoms with Gasteiger partial charge in [0.15, 0.2) is 0 Å². The fraction of sp³-hybridized carbons (Fsp3) is 0.750. The molecule has 2 rings (SSSR count). The molecule has 2 aliphatic rings. The van der Waals surface area contributed by atoms with Crippen LogP contribution in [0, 0.1) is 5.92 Å². The number of carbonyl (C=O) groups is 6. The van der Waals surface area contributed by atoms with Gasteiger partial charge >= 0.3 is 29.8 Å². The fourth-order valence-electron chi connectivity index (χ4n) is 2.80. The molecular weight excluding hydrogens is 564 g/mol. The molecule has 1 amide bonds. The van der Waals surface area contributed by atoms with Gasteiger partial charge in [-0.25, -0.2) is 0 Å². The number of rotatable bonds is 10. The molecule has 18 nitrogen and oxygen atoms in total. The van der Waals surface area contributed by atoms with Crippen molar-refractivity contribution >= 4 is 35.8 Å². The minimum atomic E-state index is -1.21. The van der Waals surface area contributed by atoms with Gasteiger partial charge in [-0.1, -0.05) is 20.3 Å². The van der Waals surface area contributed by atoms with Gasteiger partial charge in [0.1, 0.15) is 30.2 Å². The molecule has 2 fully saturated rings. The second kappa shape index (κ2) is 24.2. The highest BCUT2D eigenvalue weighted by molar-refractivity contribution is 5.83. The van der Waals surface area contributed by atoms with Gasteiger partial charge in [-0.3, -0.25) is 28.8 Å². The van der Waals surface area contributed by atoms with Crippen LogP contribution in [0.4, 0.5) is 0 Å². The largest absolute Gasteiger partial charge is 0.480 e. The Morgan fingerprint density at radius 2 is 1.12 bits per heavy atom. The molecule has 18 heteroatoms. The third-order valence-electron chi connectivity index (χ3n) is 5.80. The Balaban J connectivity index is -0.000000453. The molecule has 42 heavy (non-hydrogen) atoms. The van der Waals surface area contributed by atoms with E-state index in [1.54, 1.807) is 0 Å². The molecule has 0 bridgehead atoms. The number of amides is 1. The predicted octanol–water partition coefficient (Wildman–Crippen LogP) is -2.86. The number of aliphatic carboxylic acids is 5. The van der Waals surface area contributed by atoms with Crippen LogP contribution in [0.5, 0.6) is 0 Å². The number of carbonyl (C=O) groups excluding carboxylic acids is 1. The molecule has 2 heterocycles. The normalized spacial score (nSPS) is 20.4. The van der Waals surface area contributed by atoms with Crippen LogP contribution in [0.1, 0.15) is 59.3 Å². The van der Waals surface area contributed by atoms with E-state index in [1.165, 1.54) is 6.92 Å². The van der Waals surface area contributed by atoms with Crippen LogP contribution >= 0.6 is 0 Å². The third-order valence-corrected chi connectivity index (χ3v) is 5.80. The quantitative estimate of drug-likeness (QED) is 0.118. The van der Waals surface area contributed by atoms with Gasteiger partial charge in [0.2, 0.25) is 5.91 Å². The molecule has 2 saturated heterocycles. The molecular formula is C24H48N6O12. The molecule has 0 spiro atoms. The maximum atomic E-state index is 10.2. The van der Waals surface area contributed by atoms with Crippen molar-refractivity contribution in [2.75, 3.05) is 13.1 Å². The minimum absolute atomic E-state index is 0.0718. The zero-order valence-electron chi connectivity index (χ0n) is 24.1.